The van der Waals surface area contributed by atoms with E-state index in [4.69, 9.17) is 0 Å². The van der Waals surface area contributed by atoms with Gasteiger partial charge in [-0.05, 0) is 54.8 Å². The molecule has 1 aromatic carbocycles. The molecule has 5 rings (SSSR count). The fourth-order valence-electron chi connectivity index (χ4n) is 3.34. The Bertz CT molecular complexity index is 1140. The predicted octanol–water partition coefficient (Wildman–Crippen LogP) is 4.43. The Morgan fingerprint density at radius 3 is 2.90 bits per heavy atom. The minimum absolute atomic E-state index is 1.01. The standard InChI is InChI=1S/C18H13N3/c1-11-8-12-9-14-13-4-2-6-19-18(13)21-7-3-5-17(21)15(14)10-16(12)20-11/h2-10,20H,1H3. The fraction of sp³-hybridized carbons (Fsp3) is 0.0556. The monoisotopic (exact) mass is 271 g/mol. The lowest BCUT2D eigenvalue weighted by Crippen LogP contribution is -1.91. The number of aromatic amines is 1. The van der Waals surface area contributed by atoms with Crippen molar-refractivity contribution < 1.29 is 0 Å². The topological polar surface area (TPSA) is 33.1 Å². The van der Waals surface area contributed by atoms with Crippen LogP contribution in [0.1, 0.15) is 5.69 Å². The van der Waals surface area contributed by atoms with Gasteiger partial charge in [-0.1, -0.05) is 0 Å². The molecule has 0 fully saturated rings. The van der Waals surface area contributed by atoms with E-state index in [2.05, 4.69) is 63.9 Å². The Kier molecular flexibility index (Phi) is 1.89. The van der Waals surface area contributed by atoms with E-state index in [9.17, 15) is 0 Å². The average Bonchev–Trinajstić information content (AvgIpc) is 3.10. The highest BCUT2D eigenvalue weighted by atomic mass is 15.0. The van der Waals surface area contributed by atoms with E-state index in [1.54, 1.807) is 0 Å². The zero-order valence-electron chi connectivity index (χ0n) is 11.6. The highest BCUT2D eigenvalue weighted by Gasteiger charge is 2.10. The summed E-state index contributed by atoms with van der Waals surface area (Å²) in [6.45, 7) is 2.09. The van der Waals surface area contributed by atoms with Crippen molar-refractivity contribution in [3.63, 3.8) is 0 Å². The zero-order chi connectivity index (χ0) is 14.0. The highest BCUT2D eigenvalue weighted by Crippen LogP contribution is 2.32. The van der Waals surface area contributed by atoms with Crippen LogP contribution in [-0.4, -0.2) is 14.4 Å². The smallest absolute Gasteiger partial charge is 0.144 e. The van der Waals surface area contributed by atoms with Gasteiger partial charge in [-0.15, -0.1) is 0 Å². The summed E-state index contributed by atoms with van der Waals surface area (Å²) >= 11 is 0. The number of H-pyrrole nitrogens is 1. The van der Waals surface area contributed by atoms with Gasteiger partial charge in [0.25, 0.3) is 0 Å². The van der Waals surface area contributed by atoms with Gasteiger partial charge < -0.3 is 9.38 Å². The number of benzene rings is 1. The van der Waals surface area contributed by atoms with Crippen molar-refractivity contribution in [1.82, 2.24) is 14.4 Å². The van der Waals surface area contributed by atoms with Gasteiger partial charge >= 0.3 is 0 Å². The van der Waals surface area contributed by atoms with Crippen molar-refractivity contribution in [3.05, 3.63) is 60.6 Å². The van der Waals surface area contributed by atoms with E-state index in [1.807, 2.05) is 12.3 Å². The maximum atomic E-state index is 4.57. The number of hydrogen-bond acceptors (Lipinski definition) is 1. The van der Waals surface area contributed by atoms with Crippen molar-refractivity contribution in [1.29, 1.82) is 0 Å². The molecule has 0 saturated heterocycles. The van der Waals surface area contributed by atoms with Crippen LogP contribution >= 0.6 is 0 Å². The predicted molar refractivity (Wildman–Crippen MR) is 86.8 cm³/mol. The first-order valence-corrected chi connectivity index (χ1v) is 7.08. The Hall–Kier alpha value is -2.81. The molecule has 0 bridgehead atoms. The third-order valence-electron chi connectivity index (χ3n) is 4.22. The van der Waals surface area contributed by atoms with E-state index in [1.165, 1.54) is 38.3 Å². The van der Waals surface area contributed by atoms with Gasteiger partial charge in [0.15, 0.2) is 0 Å². The van der Waals surface area contributed by atoms with E-state index in [0.717, 1.165) is 5.65 Å². The van der Waals surface area contributed by atoms with Gasteiger partial charge in [-0.25, -0.2) is 4.98 Å². The molecular weight excluding hydrogens is 258 g/mol. The molecule has 0 saturated carbocycles. The number of nitrogens with one attached hydrogen (secondary N) is 1. The van der Waals surface area contributed by atoms with Gasteiger partial charge in [-0.3, -0.25) is 0 Å². The Morgan fingerprint density at radius 2 is 1.95 bits per heavy atom. The maximum absolute atomic E-state index is 4.57. The molecule has 3 nitrogen and oxygen atoms in total. The summed E-state index contributed by atoms with van der Waals surface area (Å²) in [5.74, 6) is 0. The summed E-state index contributed by atoms with van der Waals surface area (Å²) in [4.78, 5) is 8.00. The second-order valence-electron chi connectivity index (χ2n) is 5.58. The summed E-state index contributed by atoms with van der Waals surface area (Å²) in [7, 11) is 0. The minimum Gasteiger partial charge on any atom is -0.359 e. The number of aromatic nitrogens is 3. The van der Waals surface area contributed by atoms with Crippen LogP contribution in [0.4, 0.5) is 0 Å². The van der Waals surface area contributed by atoms with Crippen LogP contribution in [0.3, 0.4) is 0 Å². The van der Waals surface area contributed by atoms with Crippen molar-refractivity contribution in [2.75, 3.05) is 0 Å². The molecule has 100 valence electrons. The lowest BCUT2D eigenvalue weighted by molar-refractivity contribution is 1.21. The molecule has 0 spiro atoms. The Morgan fingerprint density at radius 1 is 1.00 bits per heavy atom. The van der Waals surface area contributed by atoms with Crippen LogP contribution in [0.5, 0.6) is 0 Å². The van der Waals surface area contributed by atoms with E-state index < -0.39 is 0 Å². The third kappa shape index (κ3) is 1.35. The summed E-state index contributed by atoms with van der Waals surface area (Å²) < 4.78 is 2.17. The van der Waals surface area contributed by atoms with Crippen LogP contribution in [0, 0.1) is 6.92 Å². The molecule has 4 heterocycles. The first-order chi connectivity index (χ1) is 10.3. The van der Waals surface area contributed by atoms with Crippen molar-refractivity contribution in [2.45, 2.75) is 6.92 Å². The summed E-state index contributed by atoms with van der Waals surface area (Å²) in [5, 5.41) is 4.96. The average molecular weight is 271 g/mol. The van der Waals surface area contributed by atoms with E-state index >= 15 is 0 Å². The molecule has 0 atom stereocenters. The van der Waals surface area contributed by atoms with Crippen molar-refractivity contribution in [3.8, 4) is 0 Å². The zero-order valence-corrected chi connectivity index (χ0v) is 11.6. The number of rotatable bonds is 0. The van der Waals surface area contributed by atoms with E-state index in [0.29, 0.717) is 0 Å². The molecular formula is C18H13N3. The SMILES string of the molecule is Cc1cc2cc3c(cc2[nH]1)c1cccn1c1ncccc31. The van der Waals surface area contributed by atoms with Crippen LogP contribution in [0.2, 0.25) is 0 Å². The highest BCUT2D eigenvalue weighted by molar-refractivity contribution is 6.15. The number of aryl methyl sites for hydroxylation is 1. The van der Waals surface area contributed by atoms with Crippen LogP contribution in [-0.2, 0) is 0 Å². The van der Waals surface area contributed by atoms with Gasteiger partial charge in [0.1, 0.15) is 5.65 Å². The Labute approximate surface area is 120 Å². The number of hydrogen-bond donors (Lipinski definition) is 1. The normalized spacial score (nSPS) is 12.0. The molecule has 0 amide bonds. The van der Waals surface area contributed by atoms with Crippen molar-refractivity contribution >= 4 is 38.2 Å². The molecule has 0 aliphatic rings. The van der Waals surface area contributed by atoms with Crippen molar-refractivity contribution in [2.24, 2.45) is 0 Å². The lowest BCUT2D eigenvalue weighted by Gasteiger charge is -2.08. The number of pyridine rings is 2. The van der Waals surface area contributed by atoms with Gasteiger partial charge in [0.2, 0.25) is 0 Å². The lowest BCUT2D eigenvalue weighted by atomic mass is 10.0. The Balaban J connectivity index is 2.17. The molecule has 3 heteroatoms. The quantitative estimate of drug-likeness (QED) is 0.415. The molecule has 0 radical (unpaired) electrons. The summed E-state index contributed by atoms with van der Waals surface area (Å²) in [6, 6.07) is 15.1. The van der Waals surface area contributed by atoms with Crippen LogP contribution in [0.15, 0.2) is 54.9 Å². The minimum atomic E-state index is 1.01. The maximum Gasteiger partial charge on any atom is 0.144 e. The summed E-state index contributed by atoms with van der Waals surface area (Å²) in [6.07, 6.45) is 3.93. The van der Waals surface area contributed by atoms with Gasteiger partial charge in [0.05, 0.1) is 5.52 Å². The van der Waals surface area contributed by atoms with Gasteiger partial charge in [0, 0.05) is 39.8 Å². The molecule has 1 N–H and O–H groups in total. The molecule has 21 heavy (non-hydrogen) atoms. The number of nitrogens with zero attached hydrogens (tertiary/aromatic N) is 2. The molecule has 0 aliphatic carbocycles. The van der Waals surface area contributed by atoms with Crippen LogP contribution < -0.4 is 0 Å². The second-order valence-corrected chi connectivity index (χ2v) is 5.58. The fourth-order valence-corrected chi connectivity index (χ4v) is 3.34. The van der Waals surface area contributed by atoms with Gasteiger partial charge in [-0.2, -0.15) is 0 Å². The molecule has 0 aliphatic heterocycles. The molecule has 5 aromatic rings. The largest absolute Gasteiger partial charge is 0.359 e. The third-order valence-corrected chi connectivity index (χ3v) is 4.22. The molecule has 4 aromatic heterocycles. The molecule has 0 unspecified atom stereocenters. The second kappa shape index (κ2) is 3.64. The number of fused-ring (bicyclic) bond motifs is 7. The first-order valence-electron chi connectivity index (χ1n) is 7.08. The van der Waals surface area contributed by atoms with Crippen LogP contribution in [0.25, 0.3) is 38.2 Å². The summed E-state index contributed by atoms with van der Waals surface area (Å²) in [5.41, 5.74) is 4.59. The van der Waals surface area contributed by atoms with E-state index in [-0.39, 0.29) is 0 Å². The first kappa shape index (κ1) is 10.9.